The van der Waals surface area contributed by atoms with Gasteiger partial charge in [0.15, 0.2) is 0 Å². The van der Waals surface area contributed by atoms with Gasteiger partial charge in [0.2, 0.25) is 5.91 Å². The molecule has 2 atom stereocenters. The Morgan fingerprint density at radius 2 is 2.30 bits per heavy atom. The molecular weight excluding hydrogens is 130 g/mol. The van der Waals surface area contributed by atoms with Crippen molar-refractivity contribution in [3.8, 4) is 0 Å². The van der Waals surface area contributed by atoms with Crippen molar-refractivity contribution in [3.63, 3.8) is 0 Å². The van der Waals surface area contributed by atoms with Crippen LogP contribution in [-0.2, 0) is 9.53 Å². The molecule has 1 saturated heterocycles. The lowest BCUT2D eigenvalue weighted by molar-refractivity contribution is -0.120. The molecule has 0 bridgehead atoms. The van der Waals surface area contributed by atoms with Gasteiger partial charge in [-0.2, -0.15) is 0 Å². The smallest absolute Gasteiger partial charge is 0.219 e. The van der Waals surface area contributed by atoms with E-state index in [-0.39, 0.29) is 5.91 Å². The highest BCUT2D eigenvalue weighted by molar-refractivity contribution is 5.75. The second-order valence-corrected chi connectivity index (χ2v) is 2.59. The van der Waals surface area contributed by atoms with Crippen LogP contribution in [0.4, 0.5) is 0 Å². The summed E-state index contributed by atoms with van der Waals surface area (Å²) < 4.78 is 5.13. The maximum atomic E-state index is 10.7. The molecule has 0 spiro atoms. The summed E-state index contributed by atoms with van der Waals surface area (Å²) in [4.78, 5) is 10.7. The van der Waals surface area contributed by atoms with Gasteiger partial charge < -0.3 is 10.1 Å². The van der Waals surface area contributed by atoms with Crippen LogP contribution in [0.25, 0.3) is 0 Å². The van der Waals surface area contributed by atoms with Crippen LogP contribution in [0.15, 0.2) is 0 Å². The number of carbonyl (C=O) groups excluding carboxylic acids is 1. The predicted molar refractivity (Wildman–Crippen MR) is 37.6 cm³/mol. The molecule has 1 N–H and O–H groups in total. The molecule has 0 aromatic rings. The molecule has 1 amide bonds. The van der Waals surface area contributed by atoms with Gasteiger partial charge in [0.1, 0.15) is 0 Å². The zero-order chi connectivity index (χ0) is 7.56. The van der Waals surface area contributed by atoms with Crippen molar-refractivity contribution >= 4 is 5.91 Å². The van der Waals surface area contributed by atoms with Crippen LogP contribution in [0.3, 0.4) is 0 Å². The van der Waals surface area contributed by atoms with E-state index in [9.17, 15) is 4.79 Å². The number of carbonyl (C=O) groups is 1. The summed E-state index contributed by atoms with van der Waals surface area (Å²) in [5, 5.41) is 2.57. The molecule has 1 heterocycles. The first-order chi connectivity index (χ1) is 4.74. The highest BCUT2D eigenvalue weighted by Gasteiger charge is 2.33. The minimum atomic E-state index is 0.0997. The Morgan fingerprint density at radius 1 is 1.70 bits per heavy atom. The summed E-state index contributed by atoms with van der Waals surface area (Å²) in [6, 6.07) is 0. The monoisotopic (exact) mass is 143 g/mol. The quantitative estimate of drug-likeness (QED) is 0.577. The molecule has 2 unspecified atom stereocenters. The van der Waals surface area contributed by atoms with Crippen LogP contribution in [0.5, 0.6) is 0 Å². The number of nitrogens with one attached hydrogen (secondary N) is 1. The number of ether oxygens (including phenoxy) is 1. The molecule has 1 rings (SSSR count). The largest absolute Gasteiger partial charge is 0.370 e. The minimum absolute atomic E-state index is 0.0997. The van der Waals surface area contributed by atoms with Crippen LogP contribution >= 0.6 is 0 Å². The standard InChI is InChI=1S/C7H13NO2/c1-5-6(10-5)3-4-7(9)8-2/h5-6H,3-4H2,1-2H3,(H,8,9). The lowest BCUT2D eigenvalue weighted by Crippen LogP contribution is -2.17. The van der Waals surface area contributed by atoms with Gasteiger partial charge >= 0.3 is 0 Å². The normalized spacial score (nSPS) is 29.8. The average Bonchev–Trinajstić information content (AvgIpc) is 2.61. The molecule has 1 aliphatic heterocycles. The van der Waals surface area contributed by atoms with Gasteiger partial charge in [0.05, 0.1) is 12.2 Å². The fraction of sp³-hybridized carbons (Fsp3) is 0.857. The van der Waals surface area contributed by atoms with Gasteiger partial charge in [-0.15, -0.1) is 0 Å². The van der Waals surface area contributed by atoms with Gasteiger partial charge in [0, 0.05) is 13.5 Å². The summed E-state index contributed by atoms with van der Waals surface area (Å²) in [5.74, 6) is 0.0997. The van der Waals surface area contributed by atoms with E-state index in [1.165, 1.54) is 0 Å². The number of hydrogen-bond acceptors (Lipinski definition) is 2. The first-order valence-corrected chi connectivity index (χ1v) is 3.60. The van der Waals surface area contributed by atoms with Gasteiger partial charge in [-0.05, 0) is 13.3 Å². The molecular formula is C7H13NO2. The molecule has 10 heavy (non-hydrogen) atoms. The summed E-state index contributed by atoms with van der Waals surface area (Å²) in [5.41, 5.74) is 0. The van der Waals surface area contributed by atoms with Crippen molar-refractivity contribution in [3.05, 3.63) is 0 Å². The second-order valence-electron chi connectivity index (χ2n) is 2.59. The summed E-state index contributed by atoms with van der Waals surface area (Å²) in [6.45, 7) is 2.02. The highest BCUT2D eigenvalue weighted by atomic mass is 16.6. The minimum Gasteiger partial charge on any atom is -0.370 e. The molecule has 1 aliphatic rings. The lowest BCUT2D eigenvalue weighted by atomic mass is 10.2. The van der Waals surface area contributed by atoms with Crippen molar-refractivity contribution in [2.45, 2.75) is 32.0 Å². The molecule has 3 heteroatoms. The van der Waals surface area contributed by atoms with E-state index >= 15 is 0 Å². The fourth-order valence-corrected chi connectivity index (χ4v) is 0.931. The maximum absolute atomic E-state index is 10.7. The molecule has 1 fully saturated rings. The van der Waals surface area contributed by atoms with Crippen LogP contribution < -0.4 is 5.32 Å². The van der Waals surface area contributed by atoms with Crippen LogP contribution in [0.2, 0.25) is 0 Å². The van der Waals surface area contributed by atoms with E-state index < -0.39 is 0 Å². The van der Waals surface area contributed by atoms with Crippen LogP contribution in [-0.4, -0.2) is 25.2 Å². The maximum Gasteiger partial charge on any atom is 0.219 e. The van der Waals surface area contributed by atoms with E-state index in [0.717, 1.165) is 6.42 Å². The summed E-state index contributed by atoms with van der Waals surface area (Å²) >= 11 is 0. The van der Waals surface area contributed by atoms with Gasteiger partial charge in [0.25, 0.3) is 0 Å². The summed E-state index contributed by atoms with van der Waals surface area (Å²) in [7, 11) is 1.65. The third-order valence-electron chi connectivity index (χ3n) is 1.77. The first kappa shape index (κ1) is 7.54. The summed E-state index contributed by atoms with van der Waals surface area (Å²) in [6.07, 6.45) is 2.17. The topological polar surface area (TPSA) is 41.6 Å². The lowest BCUT2D eigenvalue weighted by Gasteiger charge is -1.94. The molecule has 0 saturated carbocycles. The molecule has 58 valence electrons. The molecule has 0 aliphatic carbocycles. The number of rotatable bonds is 3. The zero-order valence-corrected chi connectivity index (χ0v) is 6.39. The van der Waals surface area contributed by atoms with Crippen molar-refractivity contribution < 1.29 is 9.53 Å². The van der Waals surface area contributed by atoms with E-state index in [4.69, 9.17) is 4.74 Å². The molecule has 0 radical (unpaired) electrons. The highest BCUT2D eigenvalue weighted by Crippen LogP contribution is 2.25. The van der Waals surface area contributed by atoms with E-state index in [1.54, 1.807) is 7.05 Å². The fourth-order valence-electron chi connectivity index (χ4n) is 0.931. The Morgan fingerprint density at radius 3 is 2.70 bits per heavy atom. The Balaban J connectivity index is 2.00. The second kappa shape index (κ2) is 3.01. The average molecular weight is 143 g/mol. The van der Waals surface area contributed by atoms with Gasteiger partial charge in [-0.1, -0.05) is 0 Å². The zero-order valence-electron chi connectivity index (χ0n) is 6.39. The predicted octanol–water partition coefficient (Wildman–Crippen LogP) is 0.300. The van der Waals surface area contributed by atoms with Gasteiger partial charge in [-0.3, -0.25) is 4.79 Å². The Hall–Kier alpha value is -0.570. The van der Waals surface area contributed by atoms with Crippen molar-refractivity contribution in [1.82, 2.24) is 5.32 Å². The van der Waals surface area contributed by atoms with E-state index in [1.807, 2.05) is 6.92 Å². The van der Waals surface area contributed by atoms with Crippen LogP contribution in [0, 0.1) is 0 Å². The number of amides is 1. The SMILES string of the molecule is CNC(=O)CCC1OC1C. The van der Waals surface area contributed by atoms with Gasteiger partial charge in [-0.25, -0.2) is 0 Å². The van der Waals surface area contributed by atoms with E-state index in [2.05, 4.69) is 5.32 Å². The Bertz CT molecular complexity index is 136. The number of epoxide rings is 1. The first-order valence-electron chi connectivity index (χ1n) is 3.60. The van der Waals surface area contributed by atoms with E-state index in [0.29, 0.717) is 18.6 Å². The Labute approximate surface area is 60.7 Å². The van der Waals surface area contributed by atoms with Crippen LogP contribution in [0.1, 0.15) is 19.8 Å². The third-order valence-corrected chi connectivity index (χ3v) is 1.77. The van der Waals surface area contributed by atoms with Crippen molar-refractivity contribution in [1.29, 1.82) is 0 Å². The van der Waals surface area contributed by atoms with Crippen molar-refractivity contribution in [2.24, 2.45) is 0 Å². The number of hydrogen-bond donors (Lipinski definition) is 1. The molecule has 0 aromatic heterocycles. The molecule has 3 nitrogen and oxygen atoms in total. The molecule has 0 aromatic carbocycles. The van der Waals surface area contributed by atoms with Crippen molar-refractivity contribution in [2.75, 3.05) is 7.05 Å². The Kier molecular flexibility index (Phi) is 2.27. The third kappa shape index (κ3) is 1.99.